The number of fused-ring (bicyclic) bond motifs is 1. The SMILES string of the molecule is CN1CCc2nccc(C(=O)O)c21. The summed E-state index contributed by atoms with van der Waals surface area (Å²) < 4.78 is 0. The summed E-state index contributed by atoms with van der Waals surface area (Å²) in [6.07, 6.45) is 2.40. The molecule has 0 unspecified atom stereocenters. The van der Waals surface area contributed by atoms with Crippen molar-refractivity contribution in [2.75, 3.05) is 18.5 Å². The van der Waals surface area contributed by atoms with Crippen molar-refractivity contribution >= 4 is 11.7 Å². The van der Waals surface area contributed by atoms with Crippen molar-refractivity contribution in [3.05, 3.63) is 23.5 Å². The third-order valence-corrected chi connectivity index (χ3v) is 2.30. The number of carboxylic acids is 1. The molecular formula is C9H10N2O2. The number of anilines is 1. The van der Waals surface area contributed by atoms with Crippen LogP contribution >= 0.6 is 0 Å². The lowest BCUT2D eigenvalue weighted by molar-refractivity contribution is 0.0697. The molecule has 0 atom stereocenters. The highest BCUT2D eigenvalue weighted by Gasteiger charge is 2.23. The maximum absolute atomic E-state index is 10.9. The highest BCUT2D eigenvalue weighted by molar-refractivity contribution is 5.95. The van der Waals surface area contributed by atoms with Crippen molar-refractivity contribution in [2.24, 2.45) is 0 Å². The minimum Gasteiger partial charge on any atom is -0.478 e. The van der Waals surface area contributed by atoms with Crippen LogP contribution in [0.1, 0.15) is 16.1 Å². The Morgan fingerprint density at radius 1 is 1.69 bits per heavy atom. The highest BCUT2D eigenvalue weighted by Crippen LogP contribution is 2.28. The third-order valence-electron chi connectivity index (χ3n) is 2.30. The first-order valence-electron chi connectivity index (χ1n) is 4.12. The molecule has 0 fully saturated rings. The number of carbonyl (C=O) groups is 1. The second kappa shape index (κ2) is 2.73. The lowest BCUT2D eigenvalue weighted by atomic mass is 10.2. The minimum absolute atomic E-state index is 0.352. The van der Waals surface area contributed by atoms with Gasteiger partial charge in [0.2, 0.25) is 0 Å². The van der Waals surface area contributed by atoms with Crippen LogP contribution in [0.2, 0.25) is 0 Å². The second-order valence-electron chi connectivity index (χ2n) is 3.13. The van der Waals surface area contributed by atoms with E-state index in [1.165, 1.54) is 0 Å². The van der Waals surface area contributed by atoms with Crippen molar-refractivity contribution in [3.8, 4) is 0 Å². The molecule has 1 N–H and O–H groups in total. The fraction of sp³-hybridized carbons (Fsp3) is 0.333. The summed E-state index contributed by atoms with van der Waals surface area (Å²) in [6.45, 7) is 0.854. The van der Waals surface area contributed by atoms with E-state index in [0.29, 0.717) is 5.56 Å². The van der Waals surface area contributed by atoms with Gasteiger partial charge in [-0.15, -0.1) is 0 Å². The molecule has 1 aromatic rings. The van der Waals surface area contributed by atoms with Crippen LogP contribution in [0, 0.1) is 0 Å². The molecule has 1 aliphatic heterocycles. The van der Waals surface area contributed by atoms with Crippen molar-refractivity contribution in [2.45, 2.75) is 6.42 Å². The van der Waals surface area contributed by atoms with Crippen LogP contribution in [0.5, 0.6) is 0 Å². The van der Waals surface area contributed by atoms with E-state index in [9.17, 15) is 4.79 Å². The quantitative estimate of drug-likeness (QED) is 0.690. The van der Waals surface area contributed by atoms with E-state index in [-0.39, 0.29) is 0 Å². The van der Waals surface area contributed by atoms with Gasteiger partial charge in [-0.3, -0.25) is 4.98 Å². The van der Waals surface area contributed by atoms with Gasteiger partial charge in [-0.2, -0.15) is 0 Å². The van der Waals surface area contributed by atoms with Crippen molar-refractivity contribution in [1.29, 1.82) is 0 Å². The van der Waals surface area contributed by atoms with E-state index in [0.717, 1.165) is 24.3 Å². The summed E-state index contributed by atoms with van der Waals surface area (Å²) >= 11 is 0. The predicted molar refractivity (Wildman–Crippen MR) is 48.2 cm³/mol. The van der Waals surface area contributed by atoms with Crippen molar-refractivity contribution < 1.29 is 9.90 Å². The Hall–Kier alpha value is -1.58. The summed E-state index contributed by atoms with van der Waals surface area (Å²) in [4.78, 5) is 16.9. The number of aromatic nitrogens is 1. The number of rotatable bonds is 1. The number of nitrogens with zero attached hydrogens (tertiary/aromatic N) is 2. The first kappa shape index (κ1) is 8.04. The highest BCUT2D eigenvalue weighted by atomic mass is 16.4. The maximum Gasteiger partial charge on any atom is 0.337 e. The fourth-order valence-electron chi connectivity index (χ4n) is 1.66. The first-order valence-corrected chi connectivity index (χ1v) is 4.12. The van der Waals surface area contributed by atoms with Crippen LogP contribution in [-0.2, 0) is 6.42 Å². The Bertz CT molecular complexity index is 363. The lowest BCUT2D eigenvalue weighted by Gasteiger charge is -2.13. The van der Waals surface area contributed by atoms with E-state index in [1.54, 1.807) is 12.3 Å². The summed E-state index contributed by atoms with van der Waals surface area (Å²) in [6, 6.07) is 1.54. The summed E-state index contributed by atoms with van der Waals surface area (Å²) in [5.41, 5.74) is 2.02. The van der Waals surface area contributed by atoms with E-state index in [4.69, 9.17) is 5.11 Å². The molecule has 0 amide bonds. The monoisotopic (exact) mass is 178 g/mol. The number of likely N-dealkylation sites (N-methyl/N-ethyl adjacent to an activating group) is 1. The van der Waals surface area contributed by atoms with Crippen LogP contribution in [0.3, 0.4) is 0 Å². The van der Waals surface area contributed by atoms with Crippen molar-refractivity contribution in [3.63, 3.8) is 0 Å². The average Bonchev–Trinajstić information content (AvgIpc) is 2.48. The van der Waals surface area contributed by atoms with Gasteiger partial charge < -0.3 is 10.0 Å². The number of hydrogen-bond donors (Lipinski definition) is 1. The normalized spacial score (nSPS) is 14.4. The third kappa shape index (κ3) is 1.14. The zero-order valence-electron chi connectivity index (χ0n) is 7.32. The van der Waals surface area contributed by atoms with Gasteiger partial charge in [-0.05, 0) is 6.07 Å². The zero-order chi connectivity index (χ0) is 9.42. The Labute approximate surface area is 75.8 Å². The Morgan fingerprint density at radius 2 is 2.46 bits per heavy atom. The molecule has 13 heavy (non-hydrogen) atoms. The molecule has 2 heterocycles. The van der Waals surface area contributed by atoms with Crippen LogP contribution in [0.25, 0.3) is 0 Å². The predicted octanol–water partition coefficient (Wildman–Crippen LogP) is 0.772. The number of hydrogen-bond acceptors (Lipinski definition) is 3. The molecule has 0 radical (unpaired) electrons. The maximum atomic E-state index is 10.9. The molecule has 1 aliphatic rings. The number of aromatic carboxylic acids is 1. The van der Waals surface area contributed by atoms with Gasteiger partial charge in [0.25, 0.3) is 0 Å². The van der Waals surface area contributed by atoms with Crippen LogP contribution in [0.4, 0.5) is 5.69 Å². The van der Waals surface area contributed by atoms with E-state index in [1.807, 2.05) is 11.9 Å². The van der Waals surface area contributed by atoms with Gasteiger partial charge in [0.1, 0.15) is 0 Å². The molecule has 4 heteroatoms. The summed E-state index contributed by atoms with van der Waals surface area (Å²) in [5, 5.41) is 8.91. The van der Waals surface area contributed by atoms with E-state index in [2.05, 4.69) is 4.98 Å². The van der Waals surface area contributed by atoms with Crippen LogP contribution < -0.4 is 4.90 Å². The lowest BCUT2D eigenvalue weighted by Crippen LogP contribution is -2.15. The molecular weight excluding hydrogens is 168 g/mol. The van der Waals surface area contributed by atoms with Gasteiger partial charge in [-0.1, -0.05) is 0 Å². The minimum atomic E-state index is -0.882. The molecule has 0 saturated heterocycles. The molecule has 0 aromatic carbocycles. The molecule has 68 valence electrons. The Morgan fingerprint density at radius 3 is 3.15 bits per heavy atom. The van der Waals surface area contributed by atoms with Gasteiger partial charge in [0, 0.05) is 26.2 Å². The van der Waals surface area contributed by atoms with Crippen molar-refractivity contribution in [1.82, 2.24) is 4.98 Å². The second-order valence-corrected chi connectivity index (χ2v) is 3.13. The largest absolute Gasteiger partial charge is 0.478 e. The zero-order valence-corrected chi connectivity index (χ0v) is 7.32. The Balaban J connectivity index is 2.60. The summed E-state index contributed by atoms with van der Waals surface area (Å²) in [5.74, 6) is -0.882. The molecule has 1 aromatic heterocycles. The average molecular weight is 178 g/mol. The van der Waals surface area contributed by atoms with Gasteiger partial charge in [0.15, 0.2) is 0 Å². The van der Waals surface area contributed by atoms with E-state index >= 15 is 0 Å². The standard InChI is InChI=1S/C9H10N2O2/c1-11-5-3-7-8(11)6(9(12)13)2-4-10-7/h2,4H,3,5H2,1H3,(H,12,13). The molecule has 0 saturated carbocycles. The van der Waals surface area contributed by atoms with Crippen LogP contribution in [0.15, 0.2) is 12.3 Å². The smallest absolute Gasteiger partial charge is 0.337 e. The topological polar surface area (TPSA) is 53.4 Å². The first-order chi connectivity index (χ1) is 6.20. The van der Waals surface area contributed by atoms with Gasteiger partial charge in [0.05, 0.1) is 16.9 Å². The molecule has 0 aliphatic carbocycles. The van der Waals surface area contributed by atoms with Crippen LogP contribution in [-0.4, -0.2) is 29.7 Å². The fourth-order valence-corrected chi connectivity index (χ4v) is 1.66. The molecule has 0 bridgehead atoms. The number of pyridine rings is 1. The summed E-state index contributed by atoms with van der Waals surface area (Å²) in [7, 11) is 1.89. The number of carboxylic acid groups (broad SMARTS) is 1. The molecule has 2 rings (SSSR count). The van der Waals surface area contributed by atoms with Gasteiger partial charge in [-0.25, -0.2) is 4.79 Å². The molecule has 0 spiro atoms. The van der Waals surface area contributed by atoms with Gasteiger partial charge >= 0.3 is 5.97 Å². The van der Waals surface area contributed by atoms with E-state index < -0.39 is 5.97 Å². The molecule has 4 nitrogen and oxygen atoms in total. The Kier molecular flexibility index (Phi) is 1.69.